The summed E-state index contributed by atoms with van der Waals surface area (Å²) in [5.74, 6) is 0.906. The van der Waals surface area contributed by atoms with Crippen molar-refractivity contribution in [2.24, 2.45) is 5.92 Å². The van der Waals surface area contributed by atoms with Gasteiger partial charge in [-0.15, -0.1) is 11.3 Å². The molecule has 0 atom stereocenters. The predicted octanol–water partition coefficient (Wildman–Crippen LogP) is 3.81. The summed E-state index contributed by atoms with van der Waals surface area (Å²) < 4.78 is 5.64. The number of nitrogens with one attached hydrogen (secondary N) is 1. The van der Waals surface area contributed by atoms with Gasteiger partial charge in [0.1, 0.15) is 12.3 Å². The maximum absolute atomic E-state index is 12.9. The van der Waals surface area contributed by atoms with E-state index in [-0.39, 0.29) is 18.4 Å². The zero-order chi connectivity index (χ0) is 19.1. The van der Waals surface area contributed by atoms with Crippen LogP contribution in [0.3, 0.4) is 0 Å². The summed E-state index contributed by atoms with van der Waals surface area (Å²) in [6.07, 6.45) is 5.95. The molecule has 144 valence electrons. The van der Waals surface area contributed by atoms with Gasteiger partial charge in [0.05, 0.1) is 6.61 Å². The van der Waals surface area contributed by atoms with Gasteiger partial charge in [0.15, 0.2) is 5.13 Å². The Kier molecular flexibility index (Phi) is 6.81. The quantitative estimate of drug-likeness (QED) is 0.629. The van der Waals surface area contributed by atoms with Gasteiger partial charge >= 0.3 is 0 Å². The van der Waals surface area contributed by atoms with Crippen LogP contribution in [0.4, 0.5) is 5.13 Å². The standard InChI is InChI=1S/C20H25N3O3S/c1-2-3-11-26-17-8-6-16(7-9-17)19(25)23(13-15-4-5-15)14-18(24)22-20-21-10-12-27-20/h6-10,12,15H,2-5,11,13-14H2,1H3,(H,21,22,24). The number of carbonyl (C=O) groups excluding carboxylic acids is 2. The minimum atomic E-state index is -0.224. The Hall–Kier alpha value is -2.41. The first-order valence-electron chi connectivity index (χ1n) is 9.37. The van der Waals surface area contributed by atoms with Crippen molar-refractivity contribution in [3.8, 4) is 5.75 Å². The highest BCUT2D eigenvalue weighted by molar-refractivity contribution is 7.13. The lowest BCUT2D eigenvalue weighted by Gasteiger charge is -2.22. The van der Waals surface area contributed by atoms with Crippen LogP contribution < -0.4 is 10.1 Å². The number of anilines is 1. The van der Waals surface area contributed by atoms with Gasteiger partial charge < -0.3 is 15.0 Å². The molecule has 0 bridgehead atoms. The normalized spacial score (nSPS) is 13.2. The number of amides is 2. The van der Waals surface area contributed by atoms with Crippen molar-refractivity contribution in [1.29, 1.82) is 0 Å². The van der Waals surface area contributed by atoms with Gasteiger partial charge in [0.25, 0.3) is 5.91 Å². The largest absolute Gasteiger partial charge is 0.494 e. The van der Waals surface area contributed by atoms with Crippen molar-refractivity contribution in [2.75, 3.05) is 25.0 Å². The number of nitrogens with zero attached hydrogens (tertiary/aromatic N) is 2. The van der Waals surface area contributed by atoms with Crippen LogP contribution in [0.2, 0.25) is 0 Å². The first kappa shape index (κ1) is 19.4. The van der Waals surface area contributed by atoms with Crippen molar-refractivity contribution in [3.63, 3.8) is 0 Å². The fourth-order valence-electron chi connectivity index (χ4n) is 2.66. The summed E-state index contributed by atoms with van der Waals surface area (Å²) in [5.41, 5.74) is 0.570. The van der Waals surface area contributed by atoms with Gasteiger partial charge in [0, 0.05) is 23.7 Å². The molecule has 3 rings (SSSR count). The van der Waals surface area contributed by atoms with Crippen LogP contribution in [0.25, 0.3) is 0 Å². The molecule has 2 amide bonds. The van der Waals surface area contributed by atoms with Crippen LogP contribution in [0.5, 0.6) is 5.75 Å². The highest BCUT2D eigenvalue weighted by Gasteiger charge is 2.28. The first-order chi connectivity index (χ1) is 13.2. The molecular weight excluding hydrogens is 362 g/mol. The van der Waals surface area contributed by atoms with Gasteiger partial charge in [-0.05, 0) is 49.4 Å². The van der Waals surface area contributed by atoms with Crippen LogP contribution in [-0.4, -0.2) is 41.4 Å². The molecule has 27 heavy (non-hydrogen) atoms. The molecule has 1 N–H and O–H groups in total. The van der Waals surface area contributed by atoms with E-state index in [0.717, 1.165) is 31.4 Å². The van der Waals surface area contributed by atoms with E-state index in [1.165, 1.54) is 11.3 Å². The molecule has 1 aliphatic carbocycles. The minimum absolute atomic E-state index is 0.0314. The lowest BCUT2D eigenvalue weighted by atomic mass is 10.1. The molecule has 0 saturated heterocycles. The van der Waals surface area contributed by atoms with Gasteiger partial charge in [-0.3, -0.25) is 9.59 Å². The molecule has 0 radical (unpaired) electrons. The summed E-state index contributed by atoms with van der Waals surface area (Å²) >= 11 is 1.36. The number of benzene rings is 1. The predicted molar refractivity (Wildman–Crippen MR) is 106 cm³/mol. The zero-order valence-electron chi connectivity index (χ0n) is 15.5. The number of thiazole rings is 1. The highest BCUT2D eigenvalue weighted by Crippen LogP contribution is 2.30. The summed E-state index contributed by atoms with van der Waals surface area (Å²) in [4.78, 5) is 30.9. The zero-order valence-corrected chi connectivity index (χ0v) is 16.3. The number of aromatic nitrogens is 1. The Balaban J connectivity index is 1.61. The second-order valence-corrected chi connectivity index (χ2v) is 7.64. The van der Waals surface area contributed by atoms with E-state index in [9.17, 15) is 9.59 Å². The average molecular weight is 388 g/mol. The Morgan fingerprint density at radius 3 is 2.70 bits per heavy atom. The molecular formula is C20H25N3O3S. The molecule has 1 aromatic carbocycles. The molecule has 0 spiro atoms. The maximum atomic E-state index is 12.9. The third-order valence-corrected chi connectivity index (χ3v) is 5.03. The summed E-state index contributed by atoms with van der Waals surface area (Å²) in [5, 5.41) is 5.09. The second-order valence-electron chi connectivity index (χ2n) is 6.74. The third-order valence-electron chi connectivity index (χ3n) is 4.34. The summed E-state index contributed by atoms with van der Waals surface area (Å²) in [6.45, 7) is 3.43. The number of rotatable bonds is 10. The summed E-state index contributed by atoms with van der Waals surface area (Å²) in [7, 11) is 0. The monoisotopic (exact) mass is 387 g/mol. The molecule has 0 aliphatic heterocycles. The molecule has 1 fully saturated rings. The SMILES string of the molecule is CCCCOc1ccc(C(=O)N(CC(=O)Nc2nccs2)CC2CC2)cc1. The number of ether oxygens (including phenoxy) is 1. The molecule has 6 nitrogen and oxygen atoms in total. The smallest absolute Gasteiger partial charge is 0.254 e. The number of unbranched alkanes of at least 4 members (excludes halogenated alkanes) is 1. The van der Waals surface area contributed by atoms with Crippen molar-refractivity contribution >= 4 is 28.3 Å². The second kappa shape index (κ2) is 9.50. The highest BCUT2D eigenvalue weighted by atomic mass is 32.1. The van der Waals surface area contributed by atoms with E-state index in [1.54, 1.807) is 28.6 Å². The van der Waals surface area contributed by atoms with Crippen molar-refractivity contribution in [3.05, 3.63) is 41.4 Å². The lowest BCUT2D eigenvalue weighted by molar-refractivity contribution is -0.116. The van der Waals surface area contributed by atoms with E-state index in [0.29, 0.717) is 29.8 Å². The van der Waals surface area contributed by atoms with Gasteiger partial charge in [-0.25, -0.2) is 4.98 Å². The molecule has 1 heterocycles. The Morgan fingerprint density at radius 1 is 1.30 bits per heavy atom. The molecule has 2 aromatic rings. The number of hydrogen-bond donors (Lipinski definition) is 1. The molecule has 7 heteroatoms. The van der Waals surface area contributed by atoms with E-state index < -0.39 is 0 Å². The van der Waals surface area contributed by atoms with Crippen LogP contribution in [0.1, 0.15) is 43.0 Å². The van der Waals surface area contributed by atoms with E-state index in [1.807, 2.05) is 12.1 Å². The molecule has 1 aromatic heterocycles. The van der Waals surface area contributed by atoms with E-state index >= 15 is 0 Å². The van der Waals surface area contributed by atoms with Gasteiger partial charge in [-0.1, -0.05) is 13.3 Å². The van der Waals surface area contributed by atoms with Gasteiger partial charge in [-0.2, -0.15) is 0 Å². The molecule has 1 saturated carbocycles. The number of hydrogen-bond acceptors (Lipinski definition) is 5. The van der Waals surface area contributed by atoms with E-state index in [2.05, 4.69) is 17.2 Å². The molecule has 1 aliphatic rings. The fraction of sp³-hybridized carbons (Fsp3) is 0.450. The minimum Gasteiger partial charge on any atom is -0.494 e. The fourth-order valence-corrected chi connectivity index (χ4v) is 3.20. The van der Waals surface area contributed by atoms with Crippen LogP contribution in [0.15, 0.2) is 35.8 Å². The lowest BCUT2D eigenvalue weighted by Crippen LogP contribution is -2.39. The van der Waals surface area contributed by atoms with Crippen molar-refractivity contribution in [1.82, 2.24) is 9.88 Å². The van der Waals surface area contributed by atoms with Gasteiger partial charge in [0.2, 0.25) is 5.91 Å². The Bertz CT molecular complexity index is 742. The average Bonchev–Trinajstić information content (AvgIpc) is 3.34. The molecule has 0 unspecified atom stereocenters. The Labute approximate surface area is 163 Å². The maximum Gasteiger partial charge on any atom is 0.254 e. The first-order valence-corrected chi connectivity index (χ1v) is 10.2. The van der Waals surface area contributed by atoms with Crippen molar-refractivity contribution < 1.29 is 14.3 Å². The topological polar surface area (TPSA) is 71.5 Å². The van der Waals surface area contributed by atoms with E-state index in [4.69, 9.17) is 4.74 Å². The Morgan fingerprint density at radius 2 is 2.07 bits per heavy atom. The van der Waals surface area contributed by atoms with Crippen molar-refractivity contribution in [2.45, 2.75) is 32.6 Å². The van der Waals surface area contributed by atoms with Crippen LogP contribution in [0, 0.1) is 5.92 Å². The summed E-state index contributed by atoms with van der Waals surface area (Å²) in [6, 6.07) is 7.16. The van der Waals surface area contributed by atoms with Crippen LogP contribution >= 0.6 is 11.3 Å². The van der Waals surface area contributed by atoms with Crippen LogP contribution in [-0.2, 0) is 4.79 Å². The number of carbonyl (C=O) groups is 2. The third kappa shape index (κ3) is 6.06.